The Morgan fingerprint density at radius 1 is 1.14 bits per heavy atom. The molecule has 0 atom stereocenters. The molecule has 146 valence electrons. The van der Waals surface area contributed by atoms with Crippen LogP contribution in [0, 0.1) is 13.8 Å². The summed E-state index contributed by atoms with van der Waals surface area (Å²) in [6, 6.07) is 17.2. The van der Waals surface area contributed by atoms with Crippen LogP contribution in [0.4, 0.5) is 17.1 Å². The summed E-state index contributed by atoms with van der Waals surface area (Å²) in [4.78, 5) is 33.0. The number of para-hydroxylation sites is 2. The second-order valence-electron chi connectivity index (χ2n) is 7.05. The Balaban J connectivity index is 1.60. The fraction of sp³-hybridized carbons (Fsp3) is 0.174. The van der Waals surface area contributed by atoms with E-state index in [0.717, 1.165) is 27.4 Å². The third kappa shape index (κ3) is 4.12. The molecule has 0 radical (unpaired) electrons. The summed E-state index contributed by atoms with van der Waals surface area (Å²) in [5.41, 5.74) is 4.96. The predicted octanol–water partition coefficient (Wildman–Crippen LogP) is 4.86. The van der Waals surface area contributed by atoms with Crippen molar-refractivity contribution < 1.29 is 9.59 Å². The molecular weight excluding hydrogens is 382 g/mol. The van der Waals surface area contributed by atoms with E-state index >= 15 is 0 Å². The summed E-state index contributed by atoms with van der Waals surface area (Å²) in [5.74, 6) is -0.377. The van der Waals surface area contributed by atoms with Gasteiger partial charge in [-0.15, -0.1) is 11.3 Å². The van der Waals surface area contributed by atoms with E-state index < -0.39 is 0 Å². The van der Waals surface area contributed by atoms with Crippen molar-refractivity contribution in [2.24, 2.45) is 4.99 Å². The van der Waals surface area contributed by atoms with Gasteiger partial charge >= 0.3 is 0 Å². The number of hydrogen-bond donors (Lipinski definition) is 1. The molecule has 0 fully saturated rings. The van der Waals surface area contributed by atoms with Crippen molar-refractivity contribution in [2.45, 2.75) is 20.3 Å². The highest BCUT2D eigenvalue weighted by Crippen LogP contribution is 2.33. The fourth-order valence-corrected chi connectivity index (χ4v) is 4.11. The lowest BCUT2D eigenvalue weighted by Crippen LogP contribution is -2.38. The lowest BCUT2D eigenvalue weighted by Gasteiger charge is -2.22. The van der Waals surface area contributed by atoms with Crippen LogP contribution >= 0.6 is 11.3 Å². The van der Waals surface area contributed by atoms with Crippen molar-refractivity contribution >= 4 is 45.9 Å². The average molecular weight is 404 g/mol. The largest absolute Gasteiger partial charge is 0.324 e. The molecule has 1 aliphatic rings. The van der Waals surface area contributed by atoms with E-state index in [1.807, 2.05) is 73.8 Å². The maximum Gasteiger partial charge on any atom is 0.244 e. The summed E-state index contributed by atoms with van der Waals surface area (Å²) in [5, 5.41) is 4.89. The predicted molar refractivity (Wildman–Crippen MR) is 118 cm³/mol. The van der Waals surface area contributed by atoms with Crippen molar-refractivity contribution in [3.8, 4) is 0 Å². The maximum absolute atomic E-state index is 13.1. The van der Waals surface area contributed by atoms with E-state index in [1.165, 1.54) is 4.90 Å². The number of aryl methyl sites for hydroxylation is 2. The van der Waals surface area contributed by atoms with E-state index in [4.69, 9.17) is 4.99 Å². The Hall–Kier alpha value is -3.25. The molecule has 2 amide bonds. The minimum absolute atomic E-state index is 0.0591. The molecule has 0 saturated heterocycles. The van der Waals surface area contributed by atoms with Gasteiger partial charge in [-0.2, -0.15) is 0 Å². The van der Waals surface area contributed by atoms with Crippen molar-refractivity contribution in [3.05, 3.63) is 76.0 Å². The van der Waals surface area contributed by atoms with Crippen LogP contribution < -0.4 is 10.2 Å². The van der Waals surface area contributed by atoms with Crippen LogP contribution in [-0.2, 0) is 9.59 Å². The molecule has 1 aliphatic heterocycles. The van der Waals surface area contributed by atoms with Crippen molar-refractivity contribution in [3.63, 3.8) is 0 Å². The third-order valence-corrected chi connectivity index (χ3v) is 5.73. The molecule has 4 rings (SSSR count). The molecule has 0 bridgehead atoms. The fourth-order valence-electron chi connectivity index (χ4n) is 3.39. The first-order chi connectivity index (χ1) is 14.0. The molecule has 2 aromatic carbocycles. The van der Waals surface area contributed by atoms with E-state index in [9.17, 15) is 9.59 Å². The number of aliphatic imine (C=N–C) groups is 1. The minimum Gasteiger partial charge on any atom is -0.324 e. The minimum atomic E-state index is -0.236. The SMILES string of the molecule is Cc1ccc(NC(=O)CN2C(=O)CC(c3cccs3)=Nc3ccccc32)c(C)c1. The summed E-state index contributed by atoms with van der Waals surface area (Å²) in [7, 11) is 0. The summed E-state index contributed by atoms with van der Waals surface area (Å²) in [6.07, 6.45) is 0.159. The maximum atomic E-state index is 13.1. The number of carbonyl (C=O) groups excluding carboxylic acids is 2. The Bertz CT molecular complexity index is 1100. The Morgan fingerprint density at radius 3 is 2.72 bits per heavy atom. The zero-order valence-corrected chi connectivity index (χ0v) is 17.1. The van der Waals surface area contributed by atoms with Gasteiger partial charge in [0.15, 0.2) is 0 Å². The second kappa shape index (κ2) is 8.01. The number of fused-ring (bicyclic) bond motifs is 1. The Kier molecular flexibility index (Phi) is 5.27. The van der Waals surface area contributed by atoms with Crippen LogP contribution in [0.5, 0.6) is 0 Å². The highest BCUT2D eigenvalue weighted by Gasteiger charge is 2.27. The molecule has 1 aromatic heterocycles. The average Bonchev–Trinajstić information content (AvgIpc) is 3.19. The van der Waals surface area contributed by atoms with Gasteiger partial charge in [-0.3, -0.25) is 9.59 Å². The summed E-state index contributed by atoms with van der Waals surface area (Å²) < 4.78 is 0. The lowest BCUT2D eigenvalue weighted by molar-refractivity contribution is -0.120. The van der Waals surface area contributed by atoms with Crippen LogP contribution in [0.3, 0.4) is 0 Å². The van der Waals surface area contributed by atoms with E-state index in [2.05, 4.69) is 5.32 Å². The normalized spacial score (nSPS) is 13.5. The summed E-state index contributed by atoms with van der Waals surface area (Å²) in [6.45, 7) is 3.91. The van der Waals surface area contributed by atoms with E-state index in [1.54, 1.807) is 11.3 Å². The number of thiophene rings is 1. The van der Waals surface area contributed by atoms with Gasteiger partial charge in [-0.25, -0.2) is 4.99 Å². The van der Waals surface area contributed by atoms with Crippen molar-refractivity contribution in [2.75, 3.05) is 16.8 Å². The number of hydrogen-bond acceptors (Lipinski definition) is 4. The quantitative estimate of drug-likeness (QED) is 0.676. The van der Waals surface area contributed by atoms with Gasteiger partial charge < -0.3 is 10.2 Å². The van der Waals surface area contributed by atoms with Crippen LogP contribution in [-0.4, -0.2) is 24.1 Å². The Labute approximate surface area is 173 Å². The molecule has 0 unspecified atom stereocenters. The first-order valence-corrected chi connectivity index (χ1v) is 10.3. The van der Waals surface area contributed by atoms with Gasteiger partial charge in [-0.1, -0.05) is 35.9 Å². The number of amides is 2. The van der Waals surface area contributed by atoms with Crippen molar-refractivity contribution in [1.29, 1.82) is 0 Å². The first kappa shape index (κ1) is 19.1. The van der Waals surface area contributed by atoms with Crippen LogP contribution in [0.2, 0.25) is 0 Å². The molecule has 3 aromatic rings. The number of rotatable bonds is 4. The van der Waals surface area contributed by atoms with E-state index in [-0.39, 0.29) is 24.8 Å². The van der Waals surface area contributed by atoms with E-state index in [0.29, 0.717) is 11.4 Å². The lowest BCUT2D eigenvalue weighted by atomic mass is 10.1. The molecule has 29 heavy (non-hydrogen) atoms. The van der Waals surface area contributed by atoms with Gasteiger partial charge in [0.05, 0.1) is 23.5 Å². The molecule has 1 N–H and O–H groups in total. The first-order valence-electron chi connectivity index (χ1n) is 9.39. The molecule has 2 heterocycles. The number of anilines is 2. The number of benzene rings is 2. The highest BCUT2D eigenvalue weighted by molar-refractivity contribution is 7.12. The number of nitrogens with zero attached hydrogens (tertiary/aromatic N) is 2. The molecule has 0 aliphatic carbocycles. The zero-order chi connectivity index (χ0) is 20.4. The standard InChI is InChI=1S/C23H21N3O2S/c1-15-9-10-17(16(2)12-15)25-22(27)14-26-20-7-4-3-6-18(20)24-19(13-23(26)28)21-8-5-11-29-21/h3-12H,13-14H2,1-2H3,(H,25,27). The smallest absolute Gasteiger partial charge is 0.244 e. The molecule has 6 heteroatoms. The Morgan fingerprint density at radius 2 is 1.97 bits per heavy atom. The molecular formula is C23H21N3O2S. The van der Waals surface area contributed by atoms with Gasteiger partial charge in [0.2, 0.25) is 11.8 Å². The van der Waals surface area contributed by atoms with Gasteiger partial charge in [0, 0.05) is 10.6 Å². The van der Waals surface area contributed by atoms with Gasteiger partial charge in [0.1, 0.15) is 6.54 Å². The van der Waals surface area contributed by atoms with Gasteiger partial charge in [0.25, 0.3) is 0 Å². The number of nitrogens with one attached hydrogen (secondary N) is 1. The van der Waals surface area contributed by atoms with Crippen LogP contribution in [0.15, 0.2) is 65.0 Å². The summed E-state index contributed by atoms with van der Waals surface area (Å²) >= 11 is 1.55. The molecule has 0 spiro atoms. The number of carbonyl (C=O) groups is 2. The highest BCUT2D eigenvalue weighted by atomic mass is 32.1. The van der Waals surface area contributed by atoms with Crippen LogP contribution in [0.1, 0.15) is 22.4 Å². The molecule has 5 nitrogen and oxygen atoms in total. The van der Waals surface area contributed by atoms with Crippen molar-refractivity contribution in [1.82, 2.24) is 0 Å². The second-order valence-corrected chi connectivity index (χ2v) is 8.00. The zero-order valence-electron chi connectivity index (χ0n) is 16.3. The van der Waals surface area contributed by atoms with Crippen LogP contribution in [0.25, 0.3) is 0 Å². The molecule has 0 saturated carbocycles. The topological polar surface area (TPSA) is 61.8 Å². The third-order valence-electron chi connectivity index (χ3n) is 4.81. The van der Waals surface area contributed by atoms with Gasteiger partial charge in [-0.05, 0) is 49.1 Å². The monoisotopic (exact) mass is 403 g/mol.